The molecule has 0 unspecified atom stereocenters. The van der Waals surface area contributed by atoms with Crippen LogP contribution in [0.5, 0.6) is 0 Å². The first-order valence-electron chi connectivity index (χ1n) is 13.7. The van der Waals surface area contributed by atoms with Gasteiger partial charge in [0.05, 0.1) is 6.10 Å². The predicted octanol–water partition coefficient (Wildman–Crippen LogP) is 4.58. The van der Waals surface area contributed by atoms with Crippen LogP contribution in [0.25, 0.3) is 0 Å². The van der Waals surface area contributed by atoms with Gasteiger partial charge in [0.2, 0.25) is 5.95 Å². The van der Waals surface area contributed by atoms with E-state index in [1.54, 1.807) is 13.3 Å². The highest BCUT2D eigenvalue weighted by Gasteiger charge is 2.26. The van der Waals surface area contributed by atoms with Crippen molar-refractivity contribution >= 4 is 23.6 Å². The van der Waals surface area contributed by atoms with E-state index in [-0.39, 0.29) is 18.1 Å². The van der Waals surface area contributed by atoms with Gasteiger partial charge in [0.25, 0.3) is 0 Å². The maximum absolute atomic E-state index is 12.5. The van der Waals surface area contributed by atoms with Crippen molar-refractivity contribution in [3.05, 3.63) is 24.0 Å². The van der Waals surface area contributed by atoms with Crippen molar-refractivity contribution in [3.63, 3.8) is 0 Å². The van der Waals surface area contributed by atoms with Gasteiger partial charge in [0, 0.05) is 49.1 Å². The number of anilines is 3. The molecule has 5 N–H and O–H groups in total. The number of hydrogen-bond acceptors (Lipinski definition) is 7. The van der Waals surface area contributed by atoms with E-state index in [1.165, 1.54) is 31.4 Å². The lowest BCUT2D eigenvalue weighted by atomic mass is 9.91. The summed E-state index contributed by atoms with van der Waals surface area (Å²) < 4.78 is 5.42. The van der Waals surface area contributed by atoms with Crippen LogP contribution in [-0.2, 0) is 4.74 Å². The molecule has 2 aromatic heterocycles. The maximum Gasteiger partial charge on any atom is 0.315 e. The molecule has 36 heavy (non-hydrogen) atoms. The number of H-pyrrole nitrogens is 1. The van der Waals surface area contributed by atoms with Crippen molar-refractivity contribution in [1.82, 2.24) is 30.8 Å². The monoisotopic (exact) mass is 496 g/mol. The number of aromatic nitrogens is 4. The van der Waals surface area contributed by atoms with E-state index in [4.69, 9.17) is 4.74 Å². The number of nitrogens with zero attached hydrogens (tertiary/aromatic N) is 3. The second-order valence-corrected chi connectivity index (χ2v) is 10.6. The molecule has 0 radical (unpaired) electrons. The number of hydrogen-bond donors (Lipinski definition) is 5. The molecule has 3 aliphatic carbocycles. The summed E-state index contributed by atoms with van der Waals surface area (Å²) in [6, 6.07) is 4.68. The molecule has 3 fully saturated rings. The van der Waals surface area contributed by atoms with Crippen molar-refractivity contribution in [2.45, 2.75) is 107 Å². The Morgan fingerprint density at radius 2 is 1.58 bits per heavy atom. The summed E-state index contributed by atoms with van der Waals surface area (Å²) in [5.41, 5.74) is 1.21. The van der Waals surface area contributed by atoms with Crippen molar-refractivity contribution in [1.29, 1.82) is 0 Å². The second kappa shape index (κ2) is 11.9. The number of carbonyl (C=O) groups is 1. The Kier molecular flexibility index (Phi) is 8.20. The lowest BCUT2D eigenvalue weighted by molar-refractivity contribution is 0.0634. The largest absolute Gasteiger partial charge is 0.381 e. The Morgan fingerprint density at radius 1 is 0.917 bits per heavy atom. The molecule has 0 aliphatic heterocycles. The van der Waals surface area contributed by atoms with Gasteiger partial charge in [-0.15, -0.1) is 0 Å². The van der Waals surface area contributed by atoms with Crippen LogP contribution in [0.15, 0.2) is 18.3 Å². The predicted molar refractivity (Wildman–Crippen MR) is 139 cm³/mol. The van der Waals surface area contributed by atoms with Gasteiger partial charge in [-0.2, -0.15) is 10.1 Å². The third kappa shape index (κ3) is 6.66. The van der Waals surface area contributed by atoms with E-state index in [0.717, 1.165) is 63.0 Å². The molecule has 0 saturated heterocycles. The fourth-order valence-corrected chi connectivity index (χ4v) is 5.90. The zero-order valence-corrected chi connectivity index (χ0v) is 21.3. The molecule has 3 aliphatic rings. The molecule has 0 bridgehead atoms. The van der Waals surface area contributed by atoms with Crippen LogP contribution in [0.1, 0.15) is 88.7 Å². The van der Waals surface area contributed by atoms with Gasteiger partial charge in [-0.05, 0) is 70.3 Å². The standard InChI is InChI=1S/C26H40N8O2/c1-36-21-12-10-20(11-13-21)30-26(35)29-19-8-6-18(7-9-19)28-25-27-15-14-23(32-25)31-24-16-22(33-34-24)17-4-2-3-5-17/h14-21H,2-13H2,1H3,(H2,29,30,35)(H3,27,28,31,32,33,34). The Labute approximate surface area is 213 Å². The lowest BCUT2D eigenvalue weighted by Crippen LogP contribution is -2.49. The van der Waals surface area contributed by atoms with Crippen LogP contribution in [-0.4, -0.2) is 57.5 Å². The van der Waals surface area contributed by atoms with Crippen LogP contribution in [0.2, 0.25) is 0 Å². The number of methoxy groups -OCH3 is 1. The van der Waals surface area contributed by atoms with Gasteiger partial charge >= 0.3 is 6.03 Å². The number of rotatable bonds is 8. The first-order valence-corrected chi connectivity index (χ1v) is 13.7. The summed E-state index contributed by atoms with van der Waals surface area (Å²) in [5.74, 6) is 2.73. The average molecular weight is 497 g/mol. The number of amides is 2. The lowest BCUT2D eigenvalue weighted by Gasteiger charge is -2.31. The molecule has 2 amide bonds. The third-order valence-electron chi connectivity index (χ3n) is 8.04. The van der Waals surface area contributed by atoms with Crippen LogP contribution >= 0.6 is 0 Å². The number of carbonyl (C=O) groups excluding carboxylic acids is 1. The highest BCUT2D eigenvalue weighted by Crippen LogP contribution is 2.34. The van der Waals surface area contributed by atoms with E-state index in [0.29, 0.717) is 24.0 Å². The molecule has 3 saturated carbocycles. The van der Waals surface area contributed by atoms with Crippen molar-refractivity contribution in [2.75, 3.05) is 17.7 Å². The van der Waals surface area contributed by atoms with Gasteiger partial charge in [0.15, 0.2) is 5.82 Å². The van der Waals surface area contributed by atoms with Crippen LogP contribution in [0, 0.1) is 0 Å². The summed E-state index contributed by atoms with van der Waals surface area (Å²) >= 11 is 0. The Hall–Kier alpha value is -2.88. The maximum atomic E-state index is 12.5. The van der Waals surface area contributed by atoms with Gasteiger partial charge in [0.1, 0.15) is 5.82 Å². The minimum atomic E-state index is -0.0381. The summed E-state index contributed by atoms with van der Waals surface area (Å²) in [6.45, 7) is 0. The van der Waals surface area contributed by atoms with Crippen molar-refractivity contribution < 1.29 is 9.53 Å². The number of aromatic amines is 1. The SMILES string of the molecule is COC1CCC(NC(=O)NC2CCC(Nc3nccc(Nc4cc(C5CCCC5)[nH]n4)n3)CC2)CC1. The minimum absolute atomic E-state index is 0.0381. The molecule has 0 aromatic carbocycles. The molecule has 196 valence electrons. The second-order valence-electron chi connectivity index (χ2n) is 10.6. The fraction of sp³-hybridized carbons (Fsp3) is 0.692. The van der Waals surface area contributed by atoms with E-state index in [1.807, 2.05) is 6.07 Å². The quantitative estimate of drug-likeness (QED) is 0.362. The molecular weight excluding hydrogens is 456 g/mol. The molecule has 2 aromatic rings. The molecule has 10 heteroatoms. The minimum Gasteiger partial charge on any atom is -0.381 e. The zero-order chi connectivity index (χ0) is 24.7. The van der Waals surface area contributed by atoms with Crippen LogP contribution < -0.4 is 21.3 Å². The van der Waals surface area contributed by atoms with Gasteiger partial charge < -0.3 is 26.0 Å². The molecule has 10 nitrogen and oxygen atoms in total. The molecule has 0 atom stereocenters. The van der Waals surface area contributed by atoms with E-state index >= 15 is 0 Å². The Balaban J connectivity index is 1.04. The normalized spacial score (nSPS) is 26.9. The van der Waals surface area contributed by atoms with Gasteiger partial charge in [-0.25, -0.2) is 9.78 Å². The highest BCUT2D eigenvalue weighted by atomic mass is 16.5. The Morgan fingerprint density at radius 3 is 2.28 bits per heavy atom. The first-order chi connectivity index (χ1) is 17.6. The highest BCUT2D eigenvalue weighted by molar-refractivity contribution is 5.74. The zero-order valence-electron chi connectivity index (χ0n) is 21.3. The smallest absolute Gasteiger partial charge is 0.315 e. The summed E-state index contributed by atoms with van der Waals surface area (Å²) in [5, 5.41) is 20.7. The van der Waals surface area contributed by atoms with Crippen molar-refractivity contribution in [2.24, 2.45) is 0 Å². The topological polar surface area (TPSA) is 129 Å². The fourth-order valence-electron chi connectivity index (χ4n) is 5.90. The number of nitrogens with one attached hydrogen (secondary N) is 5. The van der Waals surface area contributed by atoms with Crippen LogP contribution in [0.3, 0.4) is 0 Å². The molecule has 0 spiro atoms. The van der Waals surface area contributed by atoms with Gasteiger partial charge in [-0.1, -0.05) is 12.8 Å². The molecule has 2 heterocycles. The van der Waals surface area contributed by atoms with Crippen molar-refractivity contribution in [3.8, 4) is 0 Å². The average Bonchev–Trinajstić information content (AvgIpc) is 3.58. The van der Waals surface area contributed by atoms with E-state index in [9.17, 15) is 4.79 Å². The van der Waals surface area contributed by atoms with E-state index < -0.39 is 0 Å². The first kappa shape index (κ1) is 24.8. The Bertz CT molecular complexity index is 976. The van der Waals surface area contributed by atoms with Crippen LogP contribution in [0.4, 0.5) is 22.4 Å². The summed E-state index contributed by atoms with van der Waals surface area (Å²) in [7, 11) is 1.77. The van der Waals surface area contributed by atoms with Gasteiger partial charge in [-0.3, -0.25) is 5.10 Å². The third-order valence-corrected chi connectivity index (χ3v) is 8.04. The van der Waals surface area contributed by atoms with E-state index in [2.05, 4.69) is 47.5 Å². The summed E-state index contributed by atoms with van der Waals surface area (Å²) in [4.78, 5) is 21.5. The molecule has 5 rings (SSSR count). The molecular formula is C26H40N8O2. The summed E-state index contributed by atoms with van der Waals surface area (Å²) in [6.07, 6.45) is 15.0. The number of urea groups is 1. The number of ether oxygens (including phenoxy) is 1.